The molecule has 302 valence electrons. The van der Waals surface area contributed by atoms with E-state index in [1.807, 2.05) is 54.7 Å². The number of nitrogens with zero attached hydrogens (tertiary/aromatic N) is 2. The summed E-state index contributed by atoms with van der Waals surface area (Å²) >= 11 is 0. The van der Waals surface area contributed by atoms with Crippen LogP contribution >= 0.6 is 0 Å². The second-order valence-corrected chi connectivity index (χ2v) is 18.4. The maximum Gasteiger partial charge on any atom is 0.246 e. The number of H-pyrrole nitrogens is 1. The number of allylic oxidation sites excluding steroid dienone is 1. The van der Waals surface area contributed by atoms with E-state index in [9.17, 15) is 19.2 Å². The summed E-state index contributed by atoms with van der Waals surface area (Å²) in [7, 11) is 0. The lowest BCUT2D eigenvalue weighted by atomic mass is 9.80. The van der Waals surface area contributed by atoms with Crippen molar-refractivity contribution in [2.24, 2.45) is 27.7 Å². The molecule has 2 heterocycles. The minimum atomic E-state index is -1.08. The second kappa shape index (κ2) is 16.6. The van der Waals surface area contributed by atoms with Crippen molar-refractivity contribution in [3.63, 3.8) is 0 Å². The van der Waals surface area contributed by atoms with Gasteiger partial charge < -0.3 is 26.3 Å². The van der Waals surface area contributed by atoms with E-state index in [-0.39, 0.29) is 52.3 Å². The minimum Gasteiger partial charge on any atom is -0.345 e. The van der Waals surface area contributed by atoms with Gasteiger partial charge >= 0.3 is 0 Å². The number of aliphatic imine (C=N–C) groups is 1. The van der Waals surface area contributed by atoms with E-state index in [0.29, 0.717) is 12.2 Å². The zero-order valence-corrected chi connectivity index (χ0v) is 35.8. The molecule has 11 heteroatoms. The average Bonchev–Trinajstić information content (AvgIpc) is 3.78. The highest BCUT2D eigenvalue weighted by Gasteiger charge is 2.43. The van der Waals surface area contributed by atoms with E-state index >= 15 is 0 Å². The SMILES string of the molecule is CC(=O)NC(C)(C(=O)N[C@H](C1=NC=C(c2ccc(-c3ccc(-c4cnc([C@@H](NC(=O)C(C)(NC(C)=O)C(C)C)C(C)(C)C)[nH]4)cc3)cc2)C1)C(C)(C)C)C(C)C. The smallest absolute Gasteiger partial charge is 0.246 e. The molecular weight excluding hydrogens is 703 g/mol. The highest BCUT2D eigenvalue weighted by molar-refractivity contribution is 6.04. The number of carbonyl (C=O) groups excluding carboxylic acids is 4. The quantitative estimate of drug-likeness (QED) is 0.120. The fourth-order valence-electron chi connectivity index (χ4n) is 6.86. The summed E-state index contributed by atoms with van der Waals surface area (Å²) in [5, 5.41) is 12.1. The topological polar surface area (TPSA) is 157 Å². The Balaban J connectivity index is 1.46. The van der Waals surface area contributed by atoms with Crippen LogP contribution in [0.4, 0.5) is 0 Å². The fraction of sp³-hybridized carbons (Fsp3) is 0.511. The van der Waals surface area contributed by atoms with Gasteiger partial charge in [0.05, 0.1) is 24.0 Å². The summed E-state index contributed by atoms with van der Waals surface area (Å²) < 4.78 is 0. The third-order valence-corrected chi connectivity index (χ3v) is 11.2. The molecule has 4 atom stereocenters. The Bertz CT molecular complexity index is 1980. The van der Waals surface area contributed by atoms with Crippen LogP contribution in [0.2, 0.25) is 0 Å². The predicted octanol–water partition coefficient (Wildman–Crippen LogP) is 7.77. The molecule has 11 nitrogen and oxygen atoms in total. The van der Waals surface area contributed by atoms with E-state index < -0.39 is 17.1 Å². The van der Waals surface area contributed by atoms with Crippen LogP contribution < -0.4 is 21.3 Å². The standard InChI is InChI=1S/C45H63N7O4/c1-26(2)44(13,51-28(5)53)40(55)49-37(42(7,8)9)35-23-34(24-46-35)32-17-15-30(16-18-32)31-19-21-33(22-20-31)36-25-47-39(48-36)38(43(10,11)12)50-41(56)45(14,27(3)4)52-29(6)54/h15-22,24-27,37-38H,23H2,1-14H3,(H,47,48)(H,49,55)(H,50,56)(H,51,53)(H,52,54)/t37-,38-,44?,45?/m1/s1. The number of carbonyl (C=O) groups is 4. The fourth-order valence-corrected chi connectivity index (χ4v) is 6.86. The van der Waals surface area contributed by atoms with E-state index in [1.165, 1.54) is 13.8 Å². The van der Waals surface area contributed by atoms with Gasteiger partial charge in [0, 0.05) is 32.2 Å². The molecule has 3 aromatic rings. The Kier molecular flexibility index (Phi) is 12.9. The first-order chi connectivity index (χ1) is 25.9. The van der Waals surface area contributed by atoms with Crippen LogP contribution in [0.3, 0.4) is 0 Å². The Morgan fingerprint density at radius 3 is 1.45 bits per heavy atom. The Morgan fingerprint density at radius 2 is 1.04 bits per heavy atom. The second-order valence-electron chi connectivity index (χ2n) is 18.4. The van der Waals surface area contributed by atoms with Crippen LogP contribution in [0, 0.1) is 22.7 Å². The molecule has 2 aromatic carbocycles. The molecule has 5 N–H and O–H groups in total. The molecule has 1 aromatic heterocycles. The number of rotatable bonds is 13. The van der Waals surface area contributed by atoms with Gasteiger partial charge in [0.1, 0.15) is 16.9 Å². The minimum absolute atomic E-state index is 0.114. The third-order valence-electron chi connectivity index (χ3n) is 11.2. The number of aromatic amines is 1. The first-order valence-electron chi connectivity index (χ1n) is 19.6. The Labute approximate surface area is 333 Å². The summed E-state index contributed by atoms with van der Waals surface area (Å²) in [6.45, 7) is 26.4. The Hall–Kier alpha value is -5.06. The summed E-state index contributed by atoms with van der Waals surface area (Å²) in [6, 6.07) is 15.9. The maximum absolute atomic E-state index is 13.6. The van der Waals surface area contributed by atoms with Gasteiger partial charge in [0.15, 0.2) is 0 Å². The number of nitrogens with one attached hydrogen (secondary N) is 5. The molecule has 0 bridgehead atoms. The normalized spacial score (nSPS) is 16.6. The highest BCUT2D eigenvalue weighted by Crippen LogP contribution is 2.35. The zero-order valence-electron chi connectivity index (χ0n) is 35.8. The molecule has 0 spiro atoms. The van der Waals surface area contributed by atoms with Crippen LogP contribution in [-0.4, -0.2) is 56.4 Å². The molecule has 0 fully saturated rings. The lowest BCUT2D eigenvalue weighted by Crippen LogP contribution is -2.63. The first kappa shape index (κ1) is 43.7. The van der Waals surface area contributed by atoms with Gasteiger partial charge in [0.2, 0.25) is 23.6 Å². The number of benzene rings is 2. The van der Waals surface area contributed by atoms with Crippen LogP contribution in [0.15, 0.2) is 65.9 Å². The number of hydrogen-bond donors (Lipinski definition) is 5. The number of hydrogen-bond acceptors (Lipinski definition) is 6. The van der Waals surface area contributed by atoms with E-state index in [0.717, 1.165) is 39.2 Å². The van der Waals surface area contributed by atoms with Crippen molar-refractivity contribution in [2.45, 2.75) is 127 Å². The van der Waals surface area contributed by atoms with E-state index in [4.69, 9.17) is 9.98 Å². The van der Waals surface area contributed by atoms with Crippen molar-refractivity contribution in [2.75, 3.05) is 0 Å². The predicted molar refractivity (Wildman–Crippen MR) is 225 cm³/mol. The van der Waals surface area contributed by atoms with Gasteiger partial charge in [-0.2, -0.15) is 0 Å². The lowest BCUT2D eigenvalue weighted by Gasteiger charge is -2.38. The van der Waals surface area contributed by atoms with E-state index in [1.54, 1.807) is 20.0 Å². The summed E-state index contributed by atoms with van der Waals surface area (Å²) in [5.74, 6) is -0.610. The van der Waals surface area contributed by atoms with Gasteiger partial charge in [-0.1, -0.05) is 118 Å². The molecule has 4 rings (SSSR count). The average molecular weight is 766 g/mol. The zero-order chi connectivity index (χ0) is 42.0. The molecule has 0 saturated carbocycles. The van der Waals surface area contributed by atoms with Crippen molar-refractivity contribution in [1.82, 2.24) is 31.2 Å². The number of imidazole rings is 1. The molecule has 0 radical (unpaired) electrons. The van der Waals surface area contributed by atoms with Gasteiger partial charge in [-0.15, -0.1) is 0 Å². The van der Waals surface area contributed by atoms with Gasteiger partial charge in [0.25, 0.3) is 0 Å². The summed E-state index contributed by atoms with van der Waals surface area (Å²) in [6.07, 6.45) is 4.28. The highest BCUT2D eigenvalue weighted by atomic mass is 16.2. The lowest BCUT2D eigenvalue weighted by molar-refractivity contribution is -0.135. The molecule has 2 unspecified atom stereocenters. The van der Waals surface area contributed by atoms with Crippen molar-refractivity contribution in [3.05, 3.63) is 72.3 Å². The molecular formula is C45H63N7O4. The van der Waals surface area contributed by atoms with Crippen molar-refractivity contribution < 1.29 is 19.2 Å². The van der Waals surface area contributed by atoms with Crippen molar-refractivity contribution in [1.29, 1.82) is 0 Å². The molecule has 0 saturated heterocycles. The Morgan fingerprint density at radius 1 is 0.625 bits per heavy atom. The van der Waals surface area contributed by atoms with Gasteiger partial charge in [-0.05, 0) is 64.3 Å². The van der Waals surface area contributed by atoms with Crippen LogP contribution in [0.1, 0.15) is 121 Å². The van der Waals surface area contributed by atoms with Crippen molar-refractivity contribution in [3.8, 4) is 22.4 Å². The van der Waals surface area contributed by atoms with Crippen LogP contribution in [-0.2, 0) is 19.2 Å². The van der Waals surface area contributed by atoms with Gasteiger partial charge in [-0.25, -0.2) is 4.98 Å². The third kappa shape index (κ3) is 9.84. The molecule has 56 heavy (non-hydrogen) atoms. The monoisotopic (exact) mass is 765 g/mol. The largest absolute Gasteiger partial charge is 0.345 e. The number of amides is 4. The maximum atomic E-state index is 13.6. The van der Waals surface area contributed by atoms with E-state index in [2.05, 4.69) is 95.6 Å². The summed E-state index contributed by atoms with van der Waals surface area (Å²) in [5.41, 5.74) is 4.12. The van der Waals surface area contributed by atoms with Crippen LogP contribution in [0.5, 0.6) is 0 Å². The summed E-state index contributed by atoms with van der Waals surface area (Å²) in [4.78, 5) is 64.1. The van der Waals surface area contributed by atoms with Gasteiger partial charge in [-0.3, -0.25) is 24.2 Å². The van der Waals surface area contributed by atoms with Crippen LogP contribution in [0.25, 0.3) is 28.0 Å². The van der Waals surface area contributed by atoms with Crippen molar-refractivity contribution >= 4 is 34.9 Å². The molecule has 0 aliphatic carbocycles. The molecule has 4 amide bonds. The number of aromatic nitrogens is 2. The molecule has 1 aliphatic rings. The molecule has 1 aliphatic heterocycles. The first-order valence-corrected chi connectivity index (χ1v) is 19.6.